The van der Waals surface area contributed by atoms with Crippen LogP contribution in [0.1, 0.15) is 22.3 Å². The first-order valence-electron chi connectivity index (χ1n) is 14.0. The number of rotatable bonds is 9. The van der Waals surface area contributed by atoms with Crippen LogP contribution in [-0.4, -0.2) is 11.8 Å². The van der Waals surface area contributed by atoms with E-state index in [2.05, 4.69) is 60.7 Å². The minimum atomic E-state index is 0.225. The van der Waals surface area contributed by atoms with Crippen molar-refractivity contribution >= 4 is 10.9 Å². The van der Waals surface area contributed by atoms with E-state index in [1.54, 1.807) is 0 Å². The van der Waals surface area contributed by atoms with Crippen LogP contribution in [-0.2, 0) is 19.6 Å². The van der Waals surface area contributed by atoms with E-state index in [4.69, 9.17) is 23.9 Å². The molecule has 0 amide bonds. The summed E-state index contributed by atoms with van der Waals surface area (Å²) in [5.41, 5.74) is 6.90. The summed E-state index contributed by atoms with van der Waals surface area (Å²) >= 11 is 0. The van der Waals surface area contributed by atoms with E-state index in [9.17, 15) is 0 Å². The van der Waals surface area contributed by atoms with Gasteiger partial charge in [0.25, 0.3) is 0 Å². The fourth-order valence-electron chi connectivity index (χ4n) is 5.21. The van der Waals surface area contributed by atoms with Gasteiger partial charge >= 0.3 is 0 Å². The minimum Gasteiger partial charge on any atom is -0.488 e. The Morgan fingerprint density at radius 1 is 0.595 bits per heavy atom. The van der Waals surface area contributed by atoms with Crippen molar-refractivity contribution in [2.75, 3.05) is 6.79 Å². The maximum absolute atomic E-state index is 6.70. The molecule has 1 aliphatic heterocycles. The third kappa shape index (κ3) is 5.50. The Labute approximate surface area is 244 Å². The minimum absolute atomic E-state index is 0.225. The molecule has 1 aliphatic rings. The fraction of sp³-hybridized carbons (Fsp3) is 0.108. The van der Waals surface area contributed by atoms with Gasteiger partial charge in [0.05, 0.1) is 11.2 Å². The van der Waals surface area contributed by atoms with E-state index in [1.807, 2.05) is 66.7 Å². The lowest BCUT2D eigenvalue weighted by molar-refractivity contribution is 0.174. The number of ether oxygens (including phenoxy) is 4. The van der Waals surface area contributed by atoms with Crippen molar-refractivity contribution in [1.82, 2.24) is 4.98 Å². The van der Waals surface area contributed by atoms with Gasteiger partial charge in [0, 0.05) is 29.0 Å². The lowest BCUT2D eigenvalue weighted by Gasteiger charge is -2.20. The molecule has 7 rings (SSSR count). The topological polar surface area (TPSA) is 49.8 Å². The van der Waals surface area contributed by atoms with Gasteiger partial charge in [-0.25, -0.2) is 4.98 Å². The second-order valence-electron chi connectivity index (χ2n) is 10.2. The van der Waals surface area contributed by atoms with Crippen LogP contribution in [0.25, 0.3) is 22.2 Å². The molecule has 6 aromatic rings. The van der Waals surface area contributed by atoms with E-state index in [1.165, 1.54) is 5.56 Å². The Kier molecular flexibility index (Phi) is 7.13. The van der Waals surface area contributed by atoms with Crippen LogP contribution < -0.4 is 18.9 Å². The summed E-state index contributed by atoms with van der Waals surface area (Å²) in [4.78, 5) is 5.05. The van der Waals surface area contributed by atoms with Crippen LogP contribution in [0.2, 0.25) is 0 Å². The number of aromatic nitrogens is 1. The molecule has 2 heterocycles. The molecular weight excluding hydrogens is 522 g/mol. The third-order valence-corrected chi connectivity index (χ3v) is 7.36. The number of hydrogen-bond donors (Lipinski definition) is 0. The predicted octanol–water partition coefficient (Wildman–Crippen LogP) is 8.38. The average Bonchev–Trinajstić information content (AvgIpc) is 3.51. The zero-order valence-electron chi connectivity index (χ0n) is 23.0. The van der Waals surface area contributed by atoms with E-state index in [-0.39, 0.29) is 6.79 Å². The fourth-order valence-corrected chi connectivity index (χ4v) is 5.21. The quantitative estimate of drug-likeness (QED) is 0.181. The Morgan fingerprint density at radius 3 is 1.90 bits per heavy atom. The number of benzene rings is 5. The predicted molar refractivity (Wildman–Crippen MR) is 164 cm³/mol. The molecule has 0 spiro atoms. The monoisotopic (exact) mass is 551 g/mol. The number of hydrogen-bond acceptors (Lipinski definition) is 5. The van der Waals surface area contributed by atoms with Crippen LogP contribution in [0.5, 0.6) is 23.0 Å². The maximum atomic E-state index is 6.70. The van der Waals surface area contributed by atoms with Crippen molar-refractivity contribution in [3.8, 4) is 34.3 Å². The van der Waals surface area contributed by atoms with Gasteiger partial charge in [0.15, 0.2) is 11.5 Å². The van der Waals surface area contributed by atoms with Gasteiger partial charge in [-0.1, -0.05) is 97.1 Å². The molecule has 0 N–H and O–H groups in total. The van der Waals surface area contributed by atoms with Gasteiger partial charge in [-0.2, -0.15) is 0 Å². The van der Waals surface area contributed by atoms with Crippen molar-refractivity contribution < 1.29 is 18.9 Å². The molecule has 206 valence electrons. The summed E-state index contributed by atoms with van der Waals surface area (Å²) in [6.45, 7) is 1.11. The second kappa shape index (κ2) is 11.7. The third-order valence-electron chi connectivity index (χ3n) is 7.36. The molecular formula is C37H29NO4. The summed E-state index contributed by atoms with van der Waals surface area (Å²) in [5.74, 6) is 3.01. The molecule has 0 aliphatic carbocycles. The Balaban J connectivity index is 1.34. The zero-order chi connectivity index (χ0) is 28.1. The van der Waals surface area contributed by atoms with E-state index < -0.39 is 0 Å². The molecule has 5 aromatic carbocycles. The highest BCUT2D eigenvalue weighted by atomic mass is 16.7. The second-order valence-corrected chi connectivity index (χ2v) is 10.2. The van der Waals surface area contributed by atoms with E-state index >= 15 is 0 Å². The van der Waals surface area contributed by atoms with E-state index in [0.29, 0.717) is 25.4 Å². The lowest BCUT2D eigenvalue weighted by atomic mass is 9.98. The van der Waals surface area contributed by atoms with Crippen molar-refractivity contribution in [1.29, 1.82) is 0 Å². The Bertz CT molecular complexity index is 1820. The molecule has 0 radical (unpaired) electrons. The van der Waals surface area contributed by atoms with Gasteiger partial charge in [-0.3, -0.25) is 0 Å². The first-order chi connectivity index (χ1) is 20.8. The highest BCUT2D eigenvalue weighted by Crippen LogP contribution is 2.42. The first kappa shape index (κ1) is 25.7. The largest absolute Gasteiger partial charge is 0.488 e. The summed E-state index contributed by atoms with van der Waals surface area (Å²) in [7, 11) is 0. The molecule has 5 heteroatoms. The summed E-state index contributed by atoms with van der Waals surface area (Å²) in [6.07, 6.45) is 0.648. The van der Waals surface area contributed by atoms with Crippen LogP contribution in [0, 0.1) is 0 Å². The highest BCUT2D eigenvalue weighted by Gasteiger charge is 2.21. The Hall–Kier alpha value is -5.29. The molecule has 0 saturated heterocycles. The smallest absolute Gasteiger partial charge is 0.231 e. The molecule has 42 heavy (non-hydrogen) atoms. The van der Waals surface area contributed by atoms with Gasteiger partial charge in [0.2, 0.25) is 6.79 Å². The van der Waals surface area contributed by atoms with Crippen molar-refractivity contribution in [3.05, 3.63) is 150 Å². The van der Waals surface area contributed by atoms with Gasteiger partial charge in [-0.15, -0.1) is 0 Å². The number of nitrogens with zero attached hydrogens (tertiary/aromatic N) is 1. The van der Waals surface area contributed by atoms with Crippen LogP contribution in [0.4, 0.5) is 0 Å². The summed E-state index contributed by atoms with van der Waals surface area (Å²) in [6, 6.07) is 42.9. The molecule has 0 saturated carbocycles. The van der Waals surface area contributed by atoms with Crippen LogP contribution >= 0.6 is 0 Å². The normalized spacial score (nSPS) is 11.9. The van der Waals surface area contributed by atoms with Gasteiger partial charge in [0.1, 0.15) is 24.7 Å². The van der Waals surface area contributed by atoms with Crippen molar-refractivity contribution in [2.24, 2.45) is 0 Å². The van der Waals surface area contributed by atoms with Crippen molar-refractivity contribution in [3.63, 3.8) is 0 Å². The highest BCUT2D eigenvalue weighted by molar-refractivity contribution is 5.86. The maximum Gasteiger partial charge on any atom is 0.231 e. The standard InChI is InChI=1S/C37H29NO4/c1-4-10-26(11-5-1)20-31-34(39-23-27-12-6-2-7-13-27)19-17-30(37(31)40-24-28-14-8-3-9-15-28)32-18-16-29-21-35-36(42-25-41-35)22-33(29)38-32/h1-19,21-22H,20,23-25H2. The average molecular weight is 552 g/mol. The molecule has 0 unspecified atom stereocenters. The Morgan fingerprint density at radius 2 is 1.21 bits per heavy atom. The molecule has 0 fully saturated rings. The van der Waals surface area contributed by atoms with Crippen molar-refractivity contribution in [2.45, 2.75) is 19.6 Å². The summed E-state index contributed by atoms with van der Waals surface area (Å²) < 4.78 is 24.4. The summed E-state index contributed by atoms with van der Waals surface area (Å²) in [5, 5.41) is 0.988. The van der Waals surface area contributed by atoms with Crippen LogP contribution in [0.15, 0.2) is 127 Å². The SMILES string of the molecule is c1ccc(COc2ccc(-c3ccc4cc5c(cc4n3)OCO5)c(OCc3ccccc3)c2Cc2ccccc2)cc1. The van der Waals surface area contributed by atoms with Gasteiger partial charge < -0.3 is 18.9 Å². The first-order valence-corrected chi connectivity index (χ1v) is 14.0. The molecule has 0 atom stereocenters. The van der Waals surface area contributed by atoms with Crippen LogP contribution in [0.3, 0.4) is 0 Å². The van der Waals surface area contributed by atoms with E-state index in [0.717, 1.165) is 56.1 Å². The molecule has 0 bridgehead atoms. The van der Waals surface area contributed by atoms with Gasteiger partial charge in [-0.05, 0) is 41.0 Å². The number of pyridine rings is 1. The lowest BCUT2D eigenvalue weighted by Crippen LogP contribution is -2.06. The number of fused-ring (bicyclic) bond motifs is 2. The zero-order valence-corrected chi connectivity index (χ0v) is 23.0. The molecule has 1 aromatic heterocycles. The molecule has 5 nitrogen and oxygen atoms in total.